The molecule has 252 valence electrons. The maximum absolute atomic E-state index is 13.7. The van der Waals surface area contributed by atoms with Crippen LogP contribution in [0, 0.1) is 0 Å². The van der Waals surface area contributed by atoms with E-state index in [4.69, 9.17) is 4.74 Å². The number of rotatable bonds is 8. The molecular formula is C32H36Cl2F6N4O2. The van der Waals surface area contributed by atoms with Crippen LogP contribution in [0.5, 0.6) is 0 Å². The van der Waals surface area contributed by atoms with Gasteiger partial charge in [0.15, 0.2) is 0 Å². The third kappa shape index (κ3) is 9.82. The minimum absolute atomic E-state index is 0. The number of fused-ring (bicyclic) bond motifs is 1. The van der Waals surface area contributed by atoms with Gasteiger partial charge in [-0.25, -0.2) is 5.01 Å². The monoisotopic (exact) mass is 692 g/mol. The molecule has 2 aliphatic heterocycles. The summed E-state index contributed by atoms with van der Waals surface area (Å²) in [6.07, 6.45) is -5.67. The van der Waals surface area contributed by atoms with Gasteiger partial charge >= 0.3 is 12.4 Å². The lowest BCUT2D eigenvalue weighted by atomic mass is 9.97. The lowest BCUT2D eigenvalue weighted by Gasteiger charge is -2.41. The molecule has 0 bridgehead atoms. The predicted molar refractivity (Wildman–Crippen MR) is 169 cm³/mol. The Balaban J connectivity index is 0.00000288. The smallest absolute Gasteiger partial charge is 0.379 e. The molecule has 1 atom stereocenters. The van der Waals surface area contributed by atoms with E-state index in [1.807, 2.05) is 54.6 Å². The number of nitrogens with zero attached hydrogens (tertiary/aromatic N) is 3. The van der Waals surface area contributed by atoms with Crippen molar-refractivity contribution in [3.8, 4) is 0 Å². The van der Waals surface area contributed by atoms with Gasteiger partial charge in [0.1, 0.15) is 0 Å². The Morgan fingerprint density at radius 1 is 0.826 bits per heavy atom. The van der Waals surface area contributed by atoms with Crippen LogP contribution in [0.1, 0.15) is 27.0 Å². The van der Waals surface area contributed by atoms with Gasteiger partial charge in [0.2, 0.25) is 0 Å². The van der Waals surface area contributed by atoms with Crippen LogP contribution in [-0.2, 0) is 23.5 Å². The van der Waals surface area contributed by atoms with E-state index in [2.05, 4.69) is 15.3 Å². The van der Waals surface area contributed by atoms with E-state index in [-0.39, 0.29) is 37.4 Å². The fourth-order valence-electron chi connectivity index (χ4n) is 5.62. The first-order chi connectivity index (χ1) is 21.0. The number of alkyl halides is 6. The van der Waals surface area contributed by atoms with Crippen molar-refractivity contribution in [1.82, 2.24) is 20.2 Å². The Labute approximate surface area is 276 Å². The van der Waals surface area contributed by atoms with Crippen molar-refractivity contribution in [2.45, 2.75) is 24.8 Å². The van der Waals surface area contributed by atoms with Gasteiger partial charge in [-0.2, -0.15) is 26.3 Å². The number of hydrazine groups is 1. The van der Waals surface area contributed by atoms with Gasteiger partial charge in [0.05, 0.1) is 24.3 Å². The molecule has 6 nitrogen and oxygen atoms in total. The van der Waals surface area contributed by atoms with Crippen molar-refractivity contribution in [2.24, 2.45) is 0 Å². The van der Waals surface area contributed by atoms with E-state index < -0.39 is 41.0 Å². The number of amides is 1. The van der Waals surface area contributed by atoms with Crippen molar-refractivity contribution in [1.29, 1.82) is 0 Å². The summed E-state index contributed by atoms with van der Waals surface area (Å²) in [5, 5.41) is 4.13. The van der Waals surface area contributed by atoms with E-state index in [1.165, 1.54) is 4.90 Å². The van der Waals surface area contributed by atoms with E-state index in [0.29, 0.717) is 57.9 Å². The number of benzene rings is 3. The molecule has 46 heavy (non-hydrogen) atoms. The highest BCUT2D eigenvalue weighted by Gasteiger charge is 2.39. The van der Waals surface area contributed by atoms with Crippen LogP contribution in [0.15, 0.2) is 72.8 Å². The number of ether oxygens (including phenoxy) is 1. The topological polar surface area (TPSA) is 48.1 Å². The Morgan fingerprint density at radius 3 is 2.13 bits per heavy atom. The third-order valence-corrected chi connectivity index (χ3v) is 7.92. The fourth-order valence-corrected chi connectivity index (χ4v) is 5.62. The molecule has 0 unspecified atom stereocenters. The molecule has 0 saturated carbocycles. The van der Waals surface area contributed by atoms with Gasteiger partial charge < -0.3 is 9.64 Å². The third-order valence-electron chi connectivity index (χ3n) is 7.92. The van der Waals surface area contributed by atoms with Gasteiger partial charge in [-0.15, -0.1) is 24.8 Å². The second kappa shape index (κ2) is 16.3. The molecule has 2 fully saturated rings. The van der Waals surface area contributed by atoms with Gasteiger partial charge in [-0.1, -0.05) is 54.6 Å². The van der Waals surface area contributed by atoms with Crippen molar-refractivity contribution in [2.75, 3.05) is 59.0 Å². The van der Waals surface area contributed by atoms with Gasteiger partial charge in [0, 0.05) is 57.4 Å². The number of morpholine rings is 1. The molecule has 0 radical (unpaired) electrons. The molecule has 0 aliphatic carbocycles. The van der Waals surface area contributed by atoms with Crippen LogP contribution in [0.4, 0.5) is 26.3 Å². The second-order valence-corrected chi connectivity index (χ2v) is 11.0. The molecule has 0 aromatic heterocycles. The molecule has 3 aromatic rings. The van der Waals surface area contributed by atoms with E-state index in [0.717, 1.165) is 29.4 Å². The van der Waals surface area contributed by atoms with E-state index in [1.54, 1.807) is 0 Å². The van der Waals surface area contributed by atoms with Crippen molar-refractivity contribution >= 4 is 41.5 Å². The summed E-state index contributed by atoms with van der Waals surface area (Å²) in [6, 6.07) is 14.3. The standard InChI is InChI=1S/C32H34F6N4O2.2ClH/c33-31(34,35)27-19-26(20-28(21-27)32(36,37)38)30(43)42-12-11-40(10-4-3-9-39-41-13-15-44-16-14-41)22-29(42)18-23-7-8-24-5-1-2-6-25(24)17-23;;/h1-8,17,19-21,29,39H,9-16,18,22H2;2*1H/b4-3+;;/t29-;;/m1../s1. The summed E-state index contributed by atoms with van der Waals surface area (Å²) in [6.45, 7) is 5.17. The van der Waals surface area contributed by atoms with Crippen LogP contribution >= 0.6 is 24.8 Å². The number of carbonyl (C=O) groups excluding carboxylic acids is 1. The van der Waals surface area contributed by atoms with Crippen molar-refractivity contribution in [3.05, 3.63) is 95.1 Å². The zero-order chi connectivity index (χ0) is 31.3. The molecule has 0 spiro atoms. The molecular weight excluding hydrogens is 657 g/mol. The van der Waals surface area contributed by atoms with Gasteiger partial charge in [0.25, 0.3) is 5.91 Å². The normalized spacial score (nSPS) is 18.4. The molecule has 2 heterocycles. The number of nitrogens with one attached hydrogen (secondary N) is 1. The van der Waals surface area contributed by atoms with Crippen LogP contribution < -0.4 is 5.43 Å². The Morgan fingerprint density at radius 2 is 1.48 bits per heavy atom. The summed E-state index contributed by atoms with van der Waals surface area (Å²) in [5.74, 6) is -0.850. The summed E-state index contributed by atoms with van der Waals surface area (Å²) in [7, 11) is 0. The molecule has 2 saturated heterocycles. The summed E-state index contributed by atoms with van der Waals surface area (Å²) >= 11 is 0. The van der Waals surface area contributed by atoms with E-state index in [9.17, 15) is 31.1 Å². The van der Waals surface area contributed by atoms with Gasteiger partial charge in [-0.05, 0) is 41.0 Å². The lowest BCUT2D eigenvalue weighted by molar-refractivity contribution is -0.143. The predicted octanol–water partition coefficient (Wildman–Crippen LogP) is 6.48. The maximum Gasteiger partial charge on any atom is 0.416 e. The number of piperazine rings is 1. The fraction of sp³-hybridized carbons (Fsp3) is 0.406. The first kappa shape index (κ1) is 37.6. The number of halogens is 8. The molecule has 1 amide bonds. The molecule has 1 N–H and O–H groups in total. The number of hydrogen-bond acceptors (Lipinski definition) is 5. The van der Waals surface area contributed by atoms with Crippen LogP contribution in [-0.4, -0.2) is 85.8 Å². The second-order valence-electron chi connectivity index (χ2n) is 11.0. The van der Waals surface area contributed by atoms with Crippen LogP contribution in [0.25, 0.3) is 10.8 Å². The Kier molecular flexibility index (Phi) is 13.3. The average Bonchev–Trinajstić information content (AvgIpc) is 3.00. The minimum atomic E-state index is -5.04. The minimum Gasteiger partial charge on any atom is -0.379 e. The first-order valence-corrected chi connectivity index (χ1v) is 14.5. The first-order valence-electron chi connectivity index (χ1n) is 14.5. The highest BCUT2D eigenvalue weighted by atomic mass is 35.5. The largest absolute Gasteiger partial charge is 0.416 e. The Bertz CT molecular complexity index is 1450. The van der Waals surface area contributed by atoms with Gasteiger partial charge in [-0.3, -0.25) is 15.1 Å². The number of hydrogen-bond donors (Lipinski definition) is 1. The highest BCUT2D eigenvalue weighted by molar-refractivity contribution is 5.95. The summed E-state index contributed by atoms with van der Waals surface area (Å²) in [5.41, 5.74) is 0.602. The molecule has 3 aromatic carbocycles. The summed E-state index contributed by atoms with van der Waals surface area (Å²) < 4.78 is 86.6. The molecule has 14 heteroatoms. The lowest BCUT2D eigenvalue weighted by Crippen LogP contribution is -2.56. The quantitative estimate of drug-likeness (QED) is 0.216. The average molecular weight is 694 g/mol. The van der Waals surface area contributed by atoms with Crippen molar-refractivity contribution in [3.63, 3.8) is 0 Å². The van der Waals surface area contributed by atoms with Crippen molar-refractivity contribution < 1.29 is 35.9 Å². The molecule has 5 rings (SSSR count). The zero-order valence-corrected chi connectivity index (χ0v) is 26.5. The Hall–Kier alpha value is -2.87. The molecule has 2 aliphatic rings. The van der Waals surface area contributed by atoms with E-state index >= 15 is 0 Å². The summed E-state index contributed by atoms with van der Waals surface area (Å²) in [4.78, 5) is 17.2. The maximum atomic E-state index is 13.7. The number of carbonyl (C=O) groups is 1. The zero-order valence-electron chi connectivity index (χ0n) is 24.8. The SMILES string of the molecule is Cl.Cl.O=C(c1cc(C(F)(F)F)cc(C(F)(F)F)c1)N1CCN(C/C=C/CNN2CCOCC2)C[C@H]1Cc1ccc2ccccc2c1. The van der Waals surface area contributed by atoms with Crippen LogP contribution in [0.3, 0.4) is 0 Å². The highest BCUT2D eigenvalue weighted by Crippen LogP contribution is 2.37. The van der Waals surface area contributed by atoms with Crippen LogP contribution in [0.2, 0.25) is 0 Å².